The molecule has 0 fully saturated rings. The van der Waals surface area contributed by atoms with Crippen LogP contribution in [0.15, 0.2) is 12.3 Å². The van der Waals surface area contributed by atoms with E-state index in [-0.39, 0.29) is 24.4 Å². The quantitative estimate of drug-likeness (QED) is 0.665. The Hall–Kier alpha value is -2.31. The van der Waals surface area contributed by atoms with Crippen LogP contribution in [0.4, 0.5) is 5.69 Å². The molecule has 0 atom stereocenters. The lowest BCUT2D eigenvalue weighted by molar-refractivity contribution is -0.119. The number of nitrogens with one attached hydrogen (secondary N) is 3. The molecular weight excluding hydrogens is 248 g/mol. The average molecular weight is 266 g/mol. The van der Waals surface area contributed by atoms with E-state index in [1.54, 1.807) is 30.8 Å². The van der Waals surface area contributed by atoms with E-state index in [4.69, 9.17) is 0 Å². The zero-order valence-electron chi connectivity index (χ0n) is 11.2. The van der Waals surface area contributed by atoms with E-state index in [2.05, 4.69) is 16.0 Å². The van der Waals surface area contributed by atoms with Crippen molar-refractivity contribution in [1.82, 2.24) is 15.2 Å². The molecule has 3 amide bonds. The van der Waals surface area contributed by atoms with Crippen LogP contribution in [0.25, 0.3) is 0 Å². The fraction of sp³-hybridized carbons (Fsp3) is 0.417. The zero-order chi connectivity index (χ0) is 14.4. The molecule has 19 heavy (non-hydrogen) atoms. The zero-order valence-corrected chi connectivity index (χ0v) is 11.2. The molecule has 0 aliphatic heterocycles. The molecule has 0 aliphatic rings. The monoisotopic (exact) mass is 266 g/mol. The average Bonchev–Trinajstić information content (AvgIpc) is 2.69. The standard InChI is InChI=1S/C12H18N4O3/c1-4-11(18)15-9-5-10(16(3)6-9)12(19)14-7-13-8(2)17/h5-6H,4,7H2,1-3H3,(H,13,17)(H,14,19)(H,15,18). The lowest BCUT2D eigenvalue weighted by atomic mass is 10.3. The van der Waals surface area contributed by atoms with Gasteiger partial charge in [-0.3, -0.25) is 14.4 Å². The molecule has 7 nitrogen and oxygen atoms in total. The third kappa shape index (κ3) is 4.46. The van der Waals surface area contributed by atoms with Crippen molar-refractivity contribution in [3.8, 4) is 0 Å². The number of aryl methyl sites for hydroxylation is 1. The Morgan fingerprint density at radius 1 is 1.26 bits per heavy atom. The molecule has 3 N–H and O–H groups in total. The van der Waals surface area contributed by atoms with E-state index in [1.165, 1.54) is 6.92 Å². The Balaban J connectivity index is 2.64. The number of anilines is 1. The van der Waals surface area contributed by atoms with Crippen LogP contribution in [0.3, 0.4) is 0 Å². The first-order chi connectivity index (χ1) is 8.93. The normalized spacial score (nSPS) is 9.84. The van der Waals surface area contributed by atoms with E-state index in [9.17, 15) is 14.4 Å². The van der Waals surface area contributed by atoms with E-state index in [1.807, 2.05) is 0 Å². The Bertz CT molecular complexity index is 493. The summed E-state index contributed by atoms with van der Waals surface area (Å²) in [4.78, 5) is 33.7. The Kier molecular flexibility index (Phi) is 5.11. The van der Waals surface area contributed by atoms with Gasteiger partial charge in [0, 0.05) is 26.6 Å². The molecule has 0 saturated carbocycles. The van der Waals surface area contributed by atoms with Gasteiger partial charge in [0.2, 0.25) is 11.8 Å². The van der Waals surface area contributed by atoms with Gasteiger partial charge in [0.1, 0.15) is 5.69 Å². The van der Waals surface area contributed by atoms with Crippen LogP contribution < -0.4 is 16.0 Å². The summed E-state index contributed by atoms with van der Waals surface area (Å²) in [6, 6.07) is 1.58. The highest BCUT2D eigenvalue weighted by Crippen LogP contribution is 2.12. The maximum atomic E-state index is 11.8. The minimum Gasteiger partial charge on any atom is -0.344 e. The van der Waals surface area contributed by atoms with Crippen LogP contribution in [-0.4, -0.2) is 29.0 Å². The summed E-state index contributed by atoms with van der Waals surface area (Å²) in [5, 5.41) is 7.68. The number of amides is 3. The number of hydrogen-bond acceptors (Lipinski definition) is 3. The van der Waals surface area contributed by atoms with Crippen molar-refractivity contribution < 1.29 is 14.4 Å². The molecule has 1 aromatic heterocycles. The molecule has 0 bridgehead atoms. The van der Waals surface area contributed by atoms with Gasteiger partial charge in [0.15, 0.2) is 0 Å². The molecule has 0 saturated heterocycles. The van der Waals surface area contributed by atoms with Crippen molar-refractivity contribution in [2.75, 3.05) is 12.0 Å². The molecule has 0 radical (unpaired) electrons. The molecule has 1 rings (SSSR count). The van der Waals surface area contributed by atoms with Crippen molar-refractivity contribution in [3.63, 3.8) is 0 Å². The van der Waals surface area contributed by atoms with Gasteiger partial charge in [0.25, 0.3) is 5.91 Å². The van der Waals surface area contributed by atoms with Gasteiger partial charge >= 0.3 is 0 Å². The van der Waals surface area contributed by atoms with E-state index in [0.717, 1.165) is 0 Å². The van der Waals surface area contributed by atoms with Crippen LogP contribution in [0.5, 0.6) is 0 Å². The summed E-state index contributed by atoms with van der Waals surface area (Å²) in [6.45, 7) is 3.18. The molecule has 1 aromatic rings. The Labute approximate surface area is 111 Å². The summed E-state index contributed by atoms with van der Waals surface area (Å²) >= 11 is 0. The maximum Gasteiger partial charge on any atom is 0.269 e. The van der Waals surface area contributed by atoms with Crippen LogP contribution in [0.1, 0.15) is 30.8 Å². The largest absolute Gasteiger partial charge is 0.344 e. The number of nitrogens with zero attached hydrogens (tertiary/aromatic N) is 1. The first-order valence-corrected chi connectivity index (χ1v) is 5.93. The van der Waals surface area contributed by atoms with Crippen molar-refractivity contribution in [3.05, 3.63) is 18.0 Å². The molecule has 7 heteroatoms. The van der Waals surface area contributed by atoms with Gasteiger partial charge in [-0.2, -0.15) is 0 Å². The Morgan fingerprint density at radius 3 is 2.53 bits per heavy atom. The number of aromatic nitrogens is 1. The van der Waals surface area contributed by atoms with Gasteiger partial charge in [-0.1, -0.05) is 6.92 Å². The first kappa shape index (κ1) is 14.7. The highest BCUT2D eigenvalue weighted by molar-refractivity contribution is 5.96. The smallest absolute Gasteiger partial charge is 0.269 e. The minimum atomic E-state index is -0.326. The summed E-state index contributed by atoms with van der Waals surface area (Å²) in [5.41, 5.74) is 0.968. The van der Waals surface area contributed by atoms with Gasteiger partial charge in [-0.05, 0) is 6.07 Å². The molecule has 104 valence electrons. The topological polar surface area (TPSA) is 92.2 Å². The minimum absolute atomic E-state index is 0.0655. The van der Waals surface area contributed by atoms with Crippen molar-refractivity contribution in [2.45, 2.75) is 20.3 Å². The fourth-order valence-electron chi connectivity index (χ4n) is 1.45. The summed E-state index contributed by atoms with van der Waals surface area (Å²) in [5.74, 6) is -0.660. The van der Waals surface area contributed by atoms with Crippen LogP contribution in [0.2, 0.25) is 0 Å². The second-order valence-corrected chi connectivity index (χ2v) is 4.04. The van der Waals surface area contributed by atoms with Gasteiger partial charge in [-0.15, -0.1) is 0 Å². The third-order valence-corrected chi connectivity index (χ3v) is 2.43. The third-order valence-electron chi connectivity index (χ3n) is 2.43. The SMILES string of the molecule is CCC(=O)Nc1cc(C(=O)NCNC(C)=O)n(C)c1. The number of rotatable bonds is 5. The predicted octanol–water partition coefficient (Wildman–Crippen LogP) is 0.197. The van der Waals surface area contributed by atoms with Crippen LogP contribution in [0, 0.1) is 0 Å². The van der Waals surface area contributed by atoms with Crippen LogP contribution >= 0.6 is 0 Å². The van der Waals surface area contributed by atoms with Crippen molar-refractivity contribution >= 4 is 23.4 Å². The van der Waals surface area contributed by atoms with E-state index >= 15 is 0 Å². The molecule has 1 heterocycles. The summed E-state index contributed by atoms with van der Waals surface area (Å²) in [7, 11) is 1.70. The second kappa shape index (κ2) is 6.58. The maximum absolute atomic E-state index is 11.8. The highest BCUT2D eigenvalue weighted by atomic mass is 16.2. The van der Waals surface area contributed by atoms with Crippen molar-refractivity contribution in [1.29, 1.82) is 0 Å². The fourth-order valence-corrected chi connectivity index (χ4v) is 1.45. The van der Waals surface area contributed by atoms with E-state index in [0.29, 0.717) is 17.8 Å². The van der Waals surface area contributed by atoms with E-state index < -0.39 is 0 Å². The summed E-state index contributed by atoms with van der Waals surface area (Å²) in [6.07, 6.45) is 2.03. The Morgan fingerprint density at radius 2 is 1.95 bits per heavy atom. The van der Waals surface area contributed by atoms with Gasteiger partial charge in [0.05, 0.1) is 12.4 Å². The van der Waals surface area contributed by atoms with Gasteiger partial charge < -0.3 is 20.5 Å². The summed E-state index contributed by atoms with van der Waals surface area (Å²) < 4.78 is 1.61. The second-order valence-electron chi connectivity index (χ2n) is 4.04. The number of hydrogen-bond donors (Lipinski definition) is 3. The lowest BCUT2D eigenvalue weighted by Crippen LogP contribution is -2.36. The molecule has 0 aliphatic carbocycles. The first-order valence-electron chi connectivity index (χ1n) is 5.93. The number of carbonyl (C=O) groups is 3. The lowest BCUT2D eigenvalue weighted by Gasteiger charge is -2.05. The molecule has 0 spiro atoms. The van der Waals surface area contributed by atoms with Crippen LogP contribution in [-0.2, 0) is 16.6 Å². The van der Waals surface area contributed by atoms with Crippen molar-refractivity contribution in [2.24, 2.45) is 7.05 Å². The molecular formula is C12H18N4O3. The predicted molar refractivity (Wildman–Crippen MR) is 70.5 cm³/mol. The van der Waals surface area contributed by atoms with Gasteiger partial charge in [-0.25, -0.2) is 0 Å². The number of carbonyl (C=O) groups excluding carboxylic acids is 3. The highest BCUT2D eigenvalue weighted by Gasteiger charge is 2.12. The molecule has 0 unspecified atom stereocenters. The molecule has 0 aromatic carbocycles.